The minimum atomic E-state index is -3.65. The lowest BCUT2D eigenvalue weighted by atomic mass is 9.98. The molecule has 1 aliphatic rings. The van der Waals surface area contributed by atoms with Gasteiger partial charge in [0.25, 0.3) is 5.91 Å². The summed E-state index contributed by atoms with van der Waals surface area (Å²) in [5, 5.41) is 0. The number of nitrogens with zero attached hydrogens (tertiary/aromatic N) is 2. The highest BCUT2D eigenvalue weighted by Gasteiger charge is 2.33. The number of carbonyl (C=O) groups excluding carboxylic acids is 2. The molecule has 3 rings (SSSR count). The van der Waals surface area contributed by atoms with E-state index in [9.17, 15) is 18.0 Å². The maximum absolute atomic E-state index is 12.9. The molecule has 1 aliphatic heterocycles. The number of sulfonamides is 1. The molecule has 0 saturated carbocycles. The topological polar surface area (TPSA) is 102 Å². The molecule has 1 heterocycles. The highest BCUT2D eigenvalue weighted by molar-refractivity contribution is 7.89. The van der Waals surface area contributed by atoms with Gasteiger partial charge in [-0.1, -0.05) is 12.1 Å². The van der Waals surface area contributed by atoms with E-state index in [1.165, 1.54) is 28.4 Å². The third kappa shape index (κ3) is 6.27. The molecule has 1 saturated heterocycles. The summed E-state index contributed by atoms with van der Waals surface area (Å²) in [6.07, 6.45) is 0.671. The first-order chi connectivity index (χ1) is 16.2. The number of benzene rings is 2. The number of methoxy groups -OCH3 is 2. The monoisotopic (exact) mass is 490 g/mol. The van der Waals surface area contributed by atoms with Gasteiger partial charge in [-0.2, -0.15) is 4.31 Å². The van der Waals surface area contributed by atoms with Gasteiger partial charge in [-0.05, 0) is 54.8 Å². The van der Waals surface area contributed by atoms with Crippen LogP contribution < -0.4 is 9.47 Å². The summed E-state index contributed by atoms with van der Waals surface area (Å²) in [6, 6.07) is 13.6. The fraction of sp³-hybridized carbons (Fsp3) is 0.417. The van der Waals surface area contributed by atoms with Crippen molar-refractivity contribution in [2.75, 3.05) is 41.0 Å². The second kappa shape index (κ2) is 11.3. The predicted octanol–water partition coefficient (Wildman–Crippen LogP) is 2.31. The second-order valence-corrected chi connectivity index (χ2v) is 10.0. The number of carbonyl (C=O) groups is 2. The van der Waals surface area contributed by atoms with E-state index in [0.29, 0.717) is 30.9 Å². The van der Waals surface area contributed by atoms with Gasteiger partial charge >= 0.3 is 5.97 Å². The van der Waals surface area contributed by atoms with Crippen LogP contribution in [0.25, 0.3) is 0 Å². The van der Waals surface area contributed by atoms with E-state index in [2.05, 4.69) is 0 Å². The standard InChI is InChI=1S/C24H30N2O7S/c1-25(16-18-5-4-6-21(15-18)32-3)23(27)17-33-24(28)19-11-13-26(14-12-19)34(29,30)22-9-7-20(31-2)8-10-22/h4-10,15,19H,11-14,16-17H2,1-3H3. The summed E-state index contributed by atoms with van der Waals surface area (Å²) in [6.45, 7) is 0.411. The number of piperidine rings is 1. The normalized spacial score (nSPS) is 14.9. The second-order valence-electron chi connectivity index (χ2n) is 8.06. The molecule has 1 amide bonds. The Morgan fingerprint density at radius 1 is 1.00 bits per heavy atom. The van der Waals surface area contributed by atoms with Crippen LogP contribution in [0.2, 0.25) is 0 Å². The largest absolute Gasteiger partial charge is 0.497 e. The molecule has 2 aromatic carbocycles. The molecule has 0 spiro atoms. The van der Waals surface area contributed by atoms with Gasteiger partial charge in [-0.3, -0.25) is 9.59 Å². The molecular formula is C24H30N2O7S. The van der Waals surface area contributed by atoms with Crippen molar-refractivity contribution in [1.29, 1.82) is 0 Å². The Hall–Kier alpha value is -3.11. The van der Waals surface area contributed by atoms with Gasteiger partial charge in [0.15, 0.2) is 6.61 Å². The van der Waals surface area contributed by atoms with Crippen LogP contribution in [-0.4, -0.2) is 70.5 Å². The third-order valence-electron chi connectivity index (χ3n) is 5.80. The average molecular weight is 491 g/mol. The van der Waals surface area contributed by atoms with Crippen LogP contribution in [-0.2, 0) is 30.9 Å². The molecule has 10 heteroatoms. The van der Waals surface area contributed by atoms with E-state index in [1.54, 1.807) is 26.3 Å². The van der Waals surface area contributed by atoms with Gasteiger partial charge in [0.2, 0.25) is 10.0 Å². The highest BCUT2D eigenvalue weighted by Crippen LogP contribution is 2.26. The molecule has 1 fully saturated rings. The van der Waals surface area contributed by atoms with Crippen molar-refractivity contribution in [3.63, 3.8) is 0 Å². The van der Waals surface area contributed by atoms with E-state index >= 15 is 0 Å². The van der Waals surface area contributed by atoms with Crippen molar-refractivity contribution in [3.05, 3.63) is 54.1 Å². The number of amides is 1. The van der Waals surface area contributed by atoms with Crippen molar-refractivity contribution in [2.45, 2.75) is 24.3 Å². The Morgan fingerprint density at radius 2 is 1.65 bits per heavy atom. The third-order valence-corrected chi connectivity index (χ3v) is 7.71. The fourth-order valence-electron chi connectivity index (χ4n) is 3.72. The van der Waals surface area contributed by atoms with Crippen LogP contribution in [0.3, 0.4) is 0 Å². The lowest BCUT2D eigenvalue weighted by molar-refractivity contribution is -0.156. The van der Waals surface area contributed by atoms with Crippen LogP contribution in [0.15, 0.2) is 53.4 Å². The molecule has 0 N–H and O–H groups in total. The smallest absolute Gasteiger partial charge is 0.309 e. The van der Waals surface area contributed by atoms with Crippen molar-refractivity contribution in [2.24, 2.45) is 5.92 Å². The molecule has 2 aromatic rings. The summed E-state index contributed by atoms with van der Waals surface area (Å²) in [5.74, 6) is 0.0216. The predicted molar refractivity (Wildman–Crippen MR) is 125 cm³/mol. The summed E-state index contributed by atoms with van der Waals surface area (Å²) in [5.41, 5.74) is 0.895. The van der Waals surface area contributed by atoms with Crippen molar-refractivity contribution in [3.8, 4) is 11.5 Å². The van der Waals surface area contributed by atoms with Gasteiger partial charge in [0, 0.05) is 26.7 Å². The molecule has 0 aliphatic carbocycles. The van der Waals surface area contributed by atoms with E-state index < -0.39 is 21.9 Å². The summed E-state index contributed by atoms with van der Waals surface area (Å²) >= 11 is 0. The Kier molecular flexibility index (Phi) is 8.51. The number of hydrogen-bond acceptors (Lipinski definition) is 7. The first-order valence-electron chi connectivity index (χ1n) is 10.9. The molecule has 0 bridgehead atoms. The van der Waals surface area contributed by atoms with Crippen LogP contribution in [0.4, 0.5) is 0 Å². The Bertz CT molecular complexity index is 1090. The zero-order valence-corrected chi connectivity index (χ0v) is 20.4. The Labute approximate surface area is 200 Å². The Balaban J connectivity index is 1.47. The van der Waals surface area contributed by atoms with Crippen molar-refractivity contribution in [1.82, 2.24) is 9.21 Å². The van der Waals surface area contributed by atoms with E-state index in [4.69, 9.17) is 14.2 Å². The molecule has 34 heavy (non-hydrogen) atoms. The van der Waals surface area contributed by atoms with Crippen LogP contribution >= 0.6 is 0 Å². The Morgan fingerprint density at radius 3 is 2.26 bits per heavy atom. The number of esters is 1. The lowest BCUT2D eigenvalue weighted by Crippen LogP contribution is -2.41. The molecule has 0 unspecified atom stereocenters. The first kappa shape index (κ1) is 25.5. The molecule has 0 aromatic heterocycles. The molecular weight excluding hydrogens is 460 g/mol. The number of ether oxygens (including phenoxy) is 3. The quantitative estimate of drug-likeness (QED) is 0.497. The zero-order valence-electron chi connectivity index (χ0n) is 19.6. The maximum Gasteiger partial charge on any atom is 0.309 e. The lowest BCUT2D eigenvalue weighted by Gasteiger charge is -2.30. The van der Waals surface area contributed by atoms with E-state index in [1.807, 2.05) is 24.3 Å². The minimum Gasteiger partial charge on any atom is -0.497 e. The highest BCUT2D eigenvalue weighted by atomic mass is 32.2. The zero-order chi connectivity index (χ0) is 24.7. The fourth-order valence-corrected chi connectivity index (χ4v) is 5.19. The number of hydrogen-bond donors (Lipinski definition) is 0. The minimum absolute atomic E-state index is 0.180. The van der Waals surface area contributed by atoms with Crippen molar-refractivity contribution >= 4 is 21.9 Å². The average Bonchev–Trinajstić information content (AvgIpc) is 2.87. The van der Waals surface area contributed by atoms with Crippen molar-refractivity contribution < 1.29 is 32.2 Å². The van der Waals surface area contributed by atoms with Gasteiger partial charge < -0.3 is 19.1 Å². The summed E-state index contributed by atoms with van der Waals surface area (Å²) in [7, 11) is 1.07. The van der Waals surface area contributed by atoms with Gasteiger partial charge in [0.1, 0.15) is 11.5 Å². The van der Waals surface area contributed by atoms with Gasteiger partial charge in [-0.15, -0.1) is 0 Å². The maximum atomic E-state index is 12.9. The molecule has 184 valence electrons. The molecule has 0 radical (unpaired) electrons. The van der Waals surface area contributed by atoms with Crippen LogP contribution in [0, 0.1) is 5.92 Å². The molecule has 9 nitrogen and oxygen atoms in total. The first-order valence-corrected chi connectivity index (χ1v) is 12.4. The van der Waals surface area contributed by atoms with E-state index in [-0.39, 0.29) is 30.5 Å². The van der Waals surface area contributed by atoms with E-state index in [0.717, 1.165) is 5.56 Å². The SMILES string of the molecule is COc1ccc(S(=O)(=O)N2CCC(C(=O)OCC(=O)N(C)Cc3cccc(OC)c3)CC2)cc1. The number of rotatable bonds is 9. The van der Waals surface area contributed by atoms with Gasteiger partial charge in [-0.25, -0.2) is 8.42 Å². The van der Waals surface area contributed by atoms with Gasteiger partial charge in [0.05, 0.1) is 25.0 Å². The van der Waals surface area contributed by atoms with Crippen LogP contribution in [0.1, 0.15) is 18.4 Å². The molecule has 0 atom stereocenters. The summed E-state index contributed by atoms with van der Waals surface area (Å²) in [4.78, 5) is 26.5. The van der Waals surface area contributed by atoms with Crippen LogP contribution in [0.5, 0.6) is 11.5 Å². The summed E-state index contributed by atoms with van der Waals surface area (Å²) < 4.78 is 42.6. The number of likely N-dealkylation sites (N-methyl/N-ethyl adjacent to an activating group) is 1.